The Hall–Kier alpha value is -0.370. The van der Waals surface area contributed by atoms with Crippen molar-refractivity contribution < 1.29 is 4.79 Å². The van der Waals surface area contributed by atoms with Crippen LogP contribution >= 0.6 is 0 Å². The van der Waals surface area contributed by atoms with Gasteiger partial charge in [0.2, 0.25) is 0 Å². The predicted octanol–water partition coefficient (Wildman–Crippen LogP) is 0.965. The topological polar surface area (TPSA) is 29.1 Å². The predicted molar refractivity (Wildman–Crippen MR) is 40.9 cm³/mol. The minimum absolute atomic E-state index is 0.382. The third-order valence-electron chi connectivity index (χ3n) is 2.16. The van der Waals surface area contributed by atoms with Gasteiger partial charge < -0.3 is 5.32 Å². The molecule has 0 heterocycles. The van der Waals surface area contributed by atoms with Gasteiger partial charge in [0.15, 0.2) is 0 Å². The normalized spacial score (nSPS) is 19.7. The third-order valence-corrected chi connectivity index (χ3v) is 2.16. The van der Waals surface area contributed by atoms with E-state index < -0.39 is 0 Å². The number of rotatable bonds is 3. The molecule has 2 heteroatoms. The first kappa shape index (κ1) is 7.73. The second-order valence-corrected chi connectivity index (χ2v) is 2.98. The molecule has 0 bridgehead atoms. The van der Waals surface area contributed by atoms with Crippen molar-refractivity contribution in [3.63, 3.8) is 0 Å². The summed E-state index contributed by atoms with van der Waals surface area (Å²) in [5, 5.41) is 2.89. The zero-order valence-corrected chi connectivity index (χ0v) is 6.52. The summed E-state index contributed by atoms with van der Waals surface area (Å²) in [6.07, 6.45) is 4.75. The number of likely N-dealkylation sites (N-methyl/N-ethyl adjacent to an activating group) is 1. The molecule has 0 unspecified atom stereocenters. The van der Waals surface area contributed by atoms with Crippen LogP contribution in [0.3, 0.4) is 0 Å². The molecule has 0 aliphatic heterocycles. The van der Waals surface area contributed by atoms with Gasteiger partial charge in [-0.25, -0.2) is 0 Å². The van der Waals surface area contributed by atoms with E-state index in [-0.39, 0.29) is 0 Å². The highest BCUT2D eigenvalue weighted by Gasteiger charge is 2.21. The molecule has 1 aliphatic rings. The number of hydrogen-bond acceptors (Lipinski definition) is 2. The fourth-order valence-corrected chi connectivity index (χ4v) is 1.57. The lowest BCUT2D eigenvalue weighted by Crippen LogP contribution is -2.24. The van der Waals surface area contributed by atoms with Crippen molar-refractivity contribution in [2.75, 3.05) is 13.6 Å². The molecule has 0 atom stereocenters. The monoisotopic (exact) mass is 141 g/mol. The minimum atomic E-state index is 0.382. The van der Waals surface area contributed by atoms with Gasteiger partial charge in [-0.15, -0.1) is 0 Å². The van der Waals surface area contributed by atoms with Gasteiger partial charge in [0.1, 0.15) is 5.78 Å². The van der Waals surface area contributed by atoms with Crippen molar-refractivity contribution in [2.24, 2.45) is 5.92 Å². The van der Waals surface area contributed by atoms with Crippen molar-refractivity contribution in [3.05, 3.63) is 0 Å². The van der Waals surface area contributed by atoms with Crippen LogP contribution in [0.1, 0.15) is 25.7 Å². The molecule has 0 spiro atoms. The largest absolute Gasteiger partial charge is 0.313 e. The molecule has 58 valence electrons. The summed E-state index contributed by atoms with van der Waals surface area (Å²) in [7, 11) is 1.83. The molecule has 10 heavy (non-hydrogen) atoms. The Morgan fingerprint density at radius 3 is 2.60 bits per heavy atom. The molecule has 0 aromatic rings. The van der Waals surface area contributed by atoms with Crippen LogP contribution in [0.15, 0.2) is 0 Å². The lowest BCUT2D eigenvalue weighted by Gasteiger charge is -2.05. The molecule has 1 N–H and O–H groups in total. The first-order chi connectivity index (χ1) is 4.84. The second kappa shape index (κ2) is 3.71. The first-order valence-electron chi connectivity index (χ1n) is 4.02. The number of hydrogen-bond donors (Lipinski definition) is 1. The molecule has 0 aromatic heterocycles. The van der Waals surface area contributed by atoms with E-state index in [0.29, 0.717) is 18.2 Å². The van der Waals surface area contributed by atoms with Crippen molar-refractivity contribution in [3.8, 4) is 0 Å². The molecule has 0 saturated heterocycles. The van der Waals surface area contributed by atoms with Gasteiger partial charge in [-0.1, -0.05) is 12.8 Å². The highest BCUT2D eigenvalue weighted by molar-refractivity contribution is 5.83. The van der Waals surface area contributed by atoms with Crippen LogP contribution in [0.2, 0.25) is 0 Å². The van der Waals surface area contributed by atoms with Crippen LogP contribution in [0, 0.1) is 5.92 Å². The van der Waals surface area contributed by atoms with Crippen LogP contribution in [0.25, 0.3) is 0 Å². The highest BCUT2D eigenvalue weighted by Crippen LogP contribution is 2.24. The molecule has 0 amide bonds. The highest BCUT2D eigenvalue weighted by atomic mass is 16.1. The summed E-state index contributed by atoms with van der Waals surface area (Å²) in [5.41, 5.74) is 0. The lowest BCUT2D eigenvalue weighted by atomic mass is 10.0. The molecule has 1 aliphatic carbocycles. The Kier molecular flexibility index (Phi) is 2.87. The maximum absolute atomic E-state index is 11.2. The van der Waals surface area contributed by atoms with E-state index in [9.17, 15) is 4.79 Å². The Morgan fingerprint density at radius 2 is 2.10 bits per heavy atom. The second-order valence-electron chi connectivity index (χ2n) is 2.98. The van der Waals surface area contributed by atoms with E-state index in [1.165, 1.54) is 12.8 Å². The Bertz CT molecular complexity index is 116. The van der Waals surface area contributed by atoms with Crippen molar-refractivity contribution >= 4 is 5.78 Å². The van der Waals surface area contributed by atoms with Gasteiger partial charge in [0, 0.05) is 5.92 Å². The van der Waals surface area contributed by atoms with Gasteiger partial charge in [-0.3, -0.25) is 4.79 Å². The van der Waals surface area contributed by atoms with E-state index in [2.05, 4.69) is 5.32 Å². The van der Waals surface area contributed by atoms with Crippen molar-refractivity contribution in [2.45, 2.75) is 25.7 Å². The maximum Gasteiger partial charge on any atom is 0.149 e. The van der Waals surface area contributed by atoms with Crippen LogP contribution in [0.4, 0.5) is 0 Å². The van der Waals surface area contributed by atoms with Crippen LogP contribution in [0.5, 0.6) is 0 Å². The zero-order chi connectivity index (χ0) is 7.40. The minimum Gasteiger partial charge on any atom is -0.313 e. The fourth-order valence-electron chi connectivity index (χ4n) is 1.57. The van der Waals surface area contributed by atoms with Gasteiger partial charge in [0.05, 0.1) is 6.54 Å². The average molecular weight is 141 g/mol. The maximum atomic E-state index is 11.2. The van der Waals surface area contributed by atoms with E-state index in [0.717, 1.165) is 12.8 Å². The first-order valence-corrected chi connectivity index (χ1v) is 4.02. The van der Waals surface area contributed by atoms with Crippen molar-refractivity contribution in [1.82, 2.24) is 5.32 Å². The molecular formula is C8H15NO. The molecule has 1 saturated carbocycles. The van der Waals surface area contributed by atoms with E-state index >= 15 is 0 Å². The average Bonchev–Trinajstić information content (AvgIpc) is 2.38. The summed E-state index contributed by atoms with van der Waals surface area (Å²) in [5.74, 6) is 0.785. The number of carbonyl (C=O) groups excluding carboxylic acids is 1. The van der Waals surface area contributed by atoms with Gasteiger partial charge in [0.25, 0.3) is 0 Å². The third kappa shape index (κ3) is 1.81. The number of ketones is 1. The number of carbonyl (C=O) groups is 1. The van der Waals surface area contributed by atoms with E-state index in [1.54, 1.807) is 0 Å². The van der Waals surface area contributed by atoms with E-state index in [1.807, 2.05) is 7.05 Å². The summed E-state index contributed by atoms with van der Waals surface area (Å²) in [4.78, 5) is 11.2. The van der Waals surface area contributed by atoms with Crippen LogP contribution in [-0.2, 0) is 4.79 Å². The molecule has 2 nitrogen and oxygen atoms in total. The molecule has 1 rings (SSSR count). The van der Waals surface area contributed by atoms with E-state index in [4.69, 9.17) is 0 Å². The van der Waals surface area contributed by atoms with Crippen LogP contribution in [-0.4, -0.2) is 19.4 Å². The molecule has 1 fully saturated rings. The summed E-state index contributed by atoms with van der Waals surface area (Å²) in [6, 6.07) is 0. The number of nitrogens with one attached hydrogen (secondary N) is 1. The quantitative estimate of drug-likeness (QED) is 0.634. The molecule has 0 radical (unpaired) electrons. The van der Waals surface area contributed by atoms with Gasteiger partial charge in [-0.2, -0.15) is 0 Å². The summed E-state index contributed by atoms with van der Waals surface area (Å²) < 4.78 is 0. The zero-order valence-electron chi connectivity index (χ0n) is 6.52. The summed E-state index contributed by atoms with van der Waals surface area (Å²) in [6.45, 7) is 0.560. The van der Waals surface area contributed by atoms with Crippen molar-refractivity contribution in [1.29, 1.82) is 0 Å². The molecular weight excluding hydrogens is 126 g/mol. The molecule has 0 aromatic carbocycles. The Labute approximate surface area is 62.0 Å². The summed E-state index contributed by atoms with van der Waals surface area (Å²) >= 11 is 0. The Morgan fingerprint density at radius 1 is 1.50 bits per heavy atom. The lowest BCUT2D eigenvalue weighted by molar-refractivity contribution is -0.121. The Balaban J connectivity index is 2.25. The van der Waals surface area contributed by atoms with Crippen LogP contribution < -0.4 is 5.32 Å². The SMILES string of the molecule is CNCC(=O)C1CCCC1. The fraction of sp³-hybridized carbons (Fsp3) is 0.875. The van der Waals surface area contributed by atoms with Gasteiger partial charge in [-0.05, 0) is 19.9 Å². The number of Topliss-reactive ketones (excluding diaryl/α,β-unsaturated/α-hetero) is 1. The smallest absolute Gasteiger partial charge is 0.149 e. The standard InChI is InChI=1S/C8H15NO/c1-9-6-8(10)7-4-2-3-5-7/h7,9H,2-6H2,1H3. The van der Waals surface area contributed by atoms with Gasteiger partial charge >= 0.3 is 0 Å².